The van der Waals surface area contributed by atoms with E-state index in [4.69, 9.17) is 0 Å². The van der Waals surface area contributed by atoms with Crippen LogP contribution in [0.15, 0.2) is 29.6 Å². The zero-order chi connectivity index (χ0) is 20.8. The standard InChI is InChI=1S/C20H26FN5O2S/c1-14(2)23-20-24-17(13-29-20)19(28)26-8-6-25(7-9-26)12-18(27)22-11-15-4-3-5-16(21)10-15/h3-5,10,13-14H,6-9,11-12H2,1-2H3,(H,22,27)(H,23,24). The molecule has 0 atom stereocenters. The number of piperazine rings is 1. The van der Waals surface area contributed by atoms with E-state index in [2.05, 4.69) is 15.6 Å². The SMILES string of the molecule is CC(C)Nc1nc(C(=O)N2CCN(CC(=O)NCc3cccc(F)c3)CC2)cs1. The Hall–Kier alpha value is -2.52. The van der Waals surface area contributed by atoms with E-state index in [1.807, 2.05) is 18.7 Å². The highest BCUT2D eigenvalue weighted by Crippen LogP contribution is 2.18. The molecule has 0 unspecified atom stereocenters. The molecule has 0 aliphatic carbocycles. The van der Waals surface area contributed by atoms with Crippen LogP contribution < -0.4 is 10.6 Å². The van der Waals surface area contributed by atoms with Gasteiger partial charge in [-0.05, 0) is 31.5 Å². The summed E-state index contributed by atoms with van der Waals surface area (Å²) < 4.78 is 13.2. The van der Waals surface area contributed by atoms with Gasteiger partial charge in [0, 0.05) is 44.1 Å². The summed E-state index contributed by atoms with van der Waals surface area (Å²) >= 11 is 1.43. The molecule has 0 spiro atoms. The maximum absolute atomic E-state index is 13.2. The summed E-state index contributed by atoms with van der Waals surface area (Å²) in [7, 11) is 0. The number of hydrogen-bond acceptors (Lipinski definition) is 6. The Morgan fingerprint density at radius 2 is 2.00 bits per heavy atom. The topological polar surface area (TPSA) is 77.6 Å². The number of amides is 2. The van der Waals surface area contributed by atoms with Crippen LogP contribution in [0.4, 0.5) is 9.52 Å². The van der Waals surface area contributed by atoms with E-state index in [-0.39, 0.29) is 30.2 Å². The van der Waals surface area contributed by atoms with E-state index >= 15 is 0 Å². The minimum Gasteiger partial charge on any atom is -0.359 e. The minimum atomic E-state index is -0.315. The third kappa shape index (κ3) is 6.23. The molecule has 29 heavy (non-hydrogen) atoms. The van der Waals surface area contributed by atoms with Gasteiger partial charge in [-0.15, -0.1) is 11.3 Å². The van der Waals surface area contributed by atoms with Gasteiger partial charge < -0.3 is 15.5 Å². The van der Waals surface area contributed by atoms with Gasteiger partial charge in [-0.3, -0.25) is 14.5 Å². The Kier molecular flexibility index (Phi) is 7.16. The molecule has 1 aliphatic heterocycles. The number of rotatable bonds is 7. The van der Waals surface area contributed by atoms with Crippen molar-refractivity contribution < 1.29 is 14.0 Å². The number of benzene rings is 1. The van der Waals surface area contributed by atoms with Crippen LogP contribution in [0.25, 0.3) is 0 Å². The number of thiazole rings is 1. The number of halogens is 1. The second kappa shape index (κ2) is 9.80. The molecule has 1 aromatic carbocycles. The van der Waals surface area contributed by atoms with Gasteiger partial charge in [0.25, 0.3) is 5.91 Å². The second-order valence-electron chi connectivity index (χ2n) is 7.31. The number of hydrogen-bond donors (Lipinski definition) is 2. The fourth-order valence-corrected chi connectivity index (χ4v) is 3.89. The number of carbonyl (C=O) groups is 2. The van der Waals surface area contributed by atoms with Gasteiger partial charge in [0.15, 0.2) is 5.13 Å². The molecule has 2 heterocycles. The average molecular weight is 420 g/mol. The summed E-state index contributed by atoms with van der Waals surface area (Å²) in [6, 6.07) is 6.44. The molecule has 3 rings (SSSR count). The highest BCUT2D eigenvalue weighted by molar-refractivity contribution is 7.13. The van der Waals surface area contributed by atoms with Crippen molar-refractivity contribution in [3.05, 3.63) is 46.7 Å². The van der Waals surface area contributed by atoms with E-state index < -0.39 is 0 Å². The molecule has 2 aromatic rings. The van der Waals surface area contributed by atoms with E-state index in [0.717, 1.165) is 10.7 Å². The van der Waals surface area contributed by atoms with E-state index in [9.17, 15) is 14.0 Å². The summed E-state index contributed by atoms with van der Waals surface area (Å²) in [4.78, 5) is 32.9. The first-order valence-corrected chi connectivity index (χ1v) is 10.5. The summed E-state index contributed by atoms with van der Waals surface area (Å²) in [5.74, 6) is -0.504. The van der Waals surface area contributed by atoms with Crippen molar-refractivity contribution in [1.29, 1.82) is 0 Å². The summed E-state index contributed by atoms with van der Waals surface area (Å²) in [6.45, 7) is 6.97. The van der Waals surface area contributed by atoms with Gasteiger partial charge in [0.1, 0.15) is 11.5 Å². The van der Waals surface area contributed by atoms with Gasteiger partial charge in [-0.2, -0.15) is 0 Å². The number of nitrogens with one attached hydrogen (secondary N) is 2. The average Bonchev–Trinajstić information content (AvgIpc) is 3.14. The molecule has 2 N–H and O–H groups in total. The quantitative estimate of drug-likeness (QED) is 0.719. The predicted molar refractivity (Wildman–Crippen MR) is 111 cm³/mol. The predicted octanol–water partition coefficient (Wildman–Crippen LogP) is 2.18. The van der Waals surface area contributed by atoms with Crippen LogP contribution in [0, 0.1) is 5.82 Å². The largest absolute Gasteiger partial charge is 0.359 e. The van der Waals surface area contributed by atoms with Gasteiger partial charge in [-0.1, -0.05) is 12.1 Å². The second-order valence-corrected chi connectivity index (χ2v) is 8.17. The molecule has 0 radical (unpaired) electrons. The number of carbonyl (C=O) groups excluding carboxylic acids is 2. The zero-order valence-corrected chi connectivity index (χ0v) is 17.5. The monoisotopic (exact) mass is 419 g/mol. The summed E-state index contributed by atoms with van der Waals surface area (Å²) in [5.41, 5.74) is 1.18. The van der Waals surface area contributed by atoms with Crippen LogP contribution in [-0.2, 0) is 11.3 Å². The number of anilines is 1. The van der Waals surface area contributed by atoms with E-state index in [0.29, 0.717) is 38.4 Å². The third-order valence-corrected chi connectivity index (χ3v) is 5.31. The van der Waals surface area contributed by atoms with Crippen LogP contribution in [-0.4, -0.2) is 65.4 Å². The van der Waals surface area contributed by atoms with E-state index in [1.165, 1.54) is 23.5 Å². The van der Waals surface area contributed by atoms with Crippen molar-refractivity contribution in [1.82, 2.24) is 20.1 Å². The van der Waals surface area contributed by atoms with Gasteiger partial charge in [0.2, 0.25) is 5.91 Å². The maximum atomic E-state index is 13.2. The Bertz CT molecular complexity index is 849. The lowest BCUT2D eigenvalue weighted by molar-refractivity contribution is -0.122. The molecule has 1 aromatic heterocycles. The molecule has 1 fully saturated rings. The molecular formula is C20H26FN5O2S. The van der Waals surface area contributed by atoms with Gasteiger partial charge >= 0.3 is 0 Å². The smallest absolute Gasteiger partial charge is 0.273 e. The molecule has 0 bridgehead atoms. The summed E-state index contributed by atoms with van der Waals surface area (Å²) in [5, 5.41) is 8.53. The van der Waals surface area contributed by atoms with Gasteiger partial charge in [0.05, 0.1) is 6.54 Å². The molecule has 0 saturated carbocycles. The van der Waals surface area contributed by atoms with Crippen molar-refractivity contribution >= 4 is 28.3 Å². The fraction of sp³-hybridized carbons (Fsp3) is 0.450. The van der Waals surface area contributed by atoms with Crippen LogP contribution in [0.3, 0.4) is 0 Å². The van der Waals surface area contributed by atoms with Crippen LogP contribution in [0.5, 0.6) is 0 Å². The van der Waals surface area contributed by atoms with Crippen molar-refractivity contribution in [2.45, 2.75) is 26.4 Å². The molecule has 2 amide bonds. The molecule has 9 heteroatoms. The Balaban J connectivity index is 1.42. The number of nitrogens with zero attached hydrogens (tertiary/aromatic N) is 3. The molecular weight excluding hydrogens is 393 g/mol. The zero-order valence-electron chi connectivity index (χ0n) is 16.7. The lowest BCUT2D eigenvalue weighted by atomic mass is 10.2. The van der Waals surface area contributed by atoms with Gasteiger partial charge in [-0.25, -0.2) is 9.37 Å². The molecule has 1 saturated heterocycles. The lowest BCUT2D eigenvalue weighted by Crippen LogP contribution is -2.51. The minimum absolute atomic E-state index is 0.0757. The Morgan fingerprint density at radius 1 is 1.24 bits per heavy atom. The van der Waals surface area contributed by atoms with Crippen molar-refractivity contribution in [2.24, 2.45) is 0 Å². The Labute approximate surface area is 173 Å². The van der Waals surface area contributed by atoms with Crippen LogP contribution >= 0.6 is 11.3 Å². The molecule has 1 aliphatic rings. The first-order valence-electron chi connectivity index (χ1n) is 9.65. The van der Waals surface area contributed by atoms with Crippen LogP contribution in [0.2, 0.25) is 0 Å². The molecule has 7 nitrogen and oxygen atoms in total. The molecule has 156 valence electrons. The number of aromatic nitrogens is 1. The van der Waals surface area contributed by atoms with Crippen molar-refractivity contribution in [3.63, 3.8) is 0 Å². The lowest BCUT2D eigenvalue weighted by Gasteiger charge is -2.33. The van der Waals surface area contributed by atoms with E-state index in [1.54, 1.807) is 22.4 Å². The normalized spacial score (nSPS) is 14.8. The Morgan fingerprint density at radius 3 is 2.69 bits per heavy atom. The summed E-state index contributed by atoms with van der Waals surface area (Å²) in [6.07, 6.45) is 0. The maximum Gasteiger partial charge on any atom is 0.273 e. The van der Waals surface area contributed by atoms with Crippen LogP contribution in [0.1, 0.15) is 29.9 Å². The fourth-order valence-electron chi connectivity index (χ4n) is 3.06. The van der Waals surface area contributed by atoms with Crippen molar-refractivity contribution in [2.75, 3.05) is 38.0 Å². The third-order valence-electron chi connectivity index (χ3n) is 4.54. The highest BCUT2D eigenvalue weighted by atomic mass is 32.1. The first kappa shape index (κ1) is 21.2. The van der Waals surface area contributed by atoms with Crippen molar-refractivity contribution in [3.8, 4) is 0 Å². The highest BCUT2D eigenvalue weighted by Gasteiger charge is 2.24. The first-order chi connectivity index (χ1) is 13.9.